The molecule has 0 unspecified atom stereocenters. The van der Waals surface area contributed by atoms with Crippen LogP contribution in [0, 0.1) is 6.92 Å². The fourth-order valence-corrected chi connectivity index (χ4v) is 5.47. The number of hydrogen-bond acceptors (Lipinski definition) is 8. The summed E-state index contributed by atoms with van der Waals surface area (Å²) in [6, 6.07) is 8.34. The number of nitrogens with zero attached hydrogens (tertiary/aromatic N) is 4. The zero-order valence-corrected chi connectivity index (χ0v) is 22.9. The summed E-state index contributed by atoms with van der Waals surface area (Å²) < 4.78 is 10.8. The Morgan fingerprint density at radius 2 is 1.76 bits per heavy atom. The van der Waals surface area contributed by atoms with Gasteiger partial charge in [0.05, 0.1) is 55.2 Å². The zero-order valence-electron chi connectivity index (χ0n) is 20.5. The normalized spacial score (nSPS) is 12.3. The summed E-state index contributed by atoms with van der Waals surface area (Å²) in [6.07, 6.45) is 3.02. The molecular formula is C26H21Cl2N5O4S. The summed E-state index contributed by atoms with van der Waals surface area (Å²) >= 11 is 13.5. The van der Waals surface area contributed by atoms with Crippen LogP contribution in [0.5, 0.6) is 11.5 Å². The van der Waals surface area contributed by atoms with Gasteiger partial charge >= 0.3 is 0 Å². The molecule has 0 saturated heterocycles. The minimum atomic E-state index is -0.381. The minimum absolute atomic E-state index is 0.186. The molecule has 5 rings (SSSR count). The van der Waals surface area contributed by atoms with E-state index in [0.717, 1.165) is 16.3 Å². The third-order valence-electron chi connectivity index (χ3n) is 5.98. The molecular weight excluding hydrogens is 549 g/mol. The molecule has 3 aromatic heterocycles. The first-order valence-corrected chi connectivity index (χ1v) is 12.9. The van der Waals surface area contributed by atoms with Gasteiger partial charge in [0, 0.05) is 28.0 Å². The molecule has 0 bridgehead atoms. The van der Waals surface area contributed by atoms with E-state index in [2.05, 4.69) is 20.3 Å². The summed E-state index contributed by atoms with van der Waals surface area (Å²) in [5, 5.41) is 4.06. The van der Waals surface area contributed by atoms with Gasteiger partial charge in [-0.2, -0.15) is 0 Å². The van der Waals surface area contributed by atoms with Crippen LogP contribution in [-0.2, 0) is 13.1 Å². The molecule has 1 aliphatic rings. The first-order valence-electron chi connectivity index (χ1n) is 11.4. The number of nitrogens with one attached hydrogen (secondary N) is 1. The van der Waals surface area contributed by atoms with Gasteiger partial charge in [0.2, 0.25) is 0 Å². The molecule has 1 N–H and O–H groups in total. The summed E-state index contributed by atoms with van der Waals surface area (Å²) in [7, 11) is 3.02. The molecule has 0 saturated carbocycles. The van der Waals surface area contributed by atoms with E-state index in [1.54, 1.807) is 35.2 Å². The van der Waals surface area contributed by atoms with Gasteiger partial charge in [-0.15, -0.1) is 0 Å². The fourth-order valence-electron chi connectivity index (χ4n) is 4.17. The second-order valence-corrected chi connectivity index (χ2v) is 10.3. The van der Waals surface area contributed by atoms with Gasteiger partial charge in [0.1, 0.15) is 16.7 Å². The number of methoxy groups -OCH3 is 2. The number of benzene rings is 1. The molecule has 9 nitrogen and oxygen atoms in total. The molecule has 0 atom stereocenters. The predicted molar refractivity (Wildman–Crippen MR) is 145 cm³/mol. The van der Waals surface area contributed by atoms with Gasteiger partial charge in [-0.1, -0.05) is 34.5 Å². The number of halogens is 2. The number of anilines is 1. The highest BCUT2D eigenvalue weighted by Crippen LogP contribution is 2.36. The van der Waals surface area contributed by atoms with Gasteiger partial charge in [-0.05, 0) is 37.3 Å². The smallest absolute Gasteiger partial charge is 0.259 e. The molecule has 1 aliphatic heterocycles. The van der Waals surface area contributed by atoms with Crippen molar-refractivity contribution in [1.82, 2.24) is 19.9 Å². The lowest BCUT2D eigenvalue weighted by Crippen LogP contribution is -2.26. The SMILES string of the molecule is COc1cc(Cl)ccc1C(=O)N1Cc2nc(NC(=O)c3cnc(C)cc3-c3cc(Cl)ncc3OC)sc2C1. The van der Waals surface area contributed by atoms with Crippen molar-refractivity contribution in [2.45, 2.75) is 20.0 Å². The number of aromatic nitrogens is 3. The van der Waals surface area contributed by atoms with Gasteiger partial charge in [-0.25, -0.2) is 9.97 Å². The molecule has 0 radical (unpaired) electrons. The van der Waals surface area contributed by atoms with E-state index < -0.39 is 0 Å². The molecule has 4 heterocycles. The number of aryl methyl sites for hydroxylation is 1. The monoisotopic (exact) mass is 569 g/mol. The number of carbonyl (C=O) groups excluding carboxylic acids is 2. The number of carbonyl (C=O) groups is 2. The Balaban J connectivity index is 1.35. The maximum absolute atomic E-state index is 13.3. The molecule has 0 spiro atoms. The first-order chi connectivity index (χ1) is 18.3. The van der Waals surface area contributed by atoms with E-state index in [1.807, 2.05) is 6.92 Å². The minimum Gasteiger partial charge on any atom is -0.496 e. The molecule has 194 valence electrons. The number of rotatable bonds is 6. The summed E-state index contributed by atoms with van der Waals surface area (Å²) in [6.45, 7) is 2.52. The lowest BCUT2D eigenvalue weighted by molar-refractivity contribution is 0.0747. The molecule has 0 fully saturated rings. The molecule has 4 aromatic rings. The van der Waals surface area contributed by atoms with Crippen LogP contribution in [0.25, 0.3) is 11.1 Å². The standard InChI is InChI=1S/C26H21Cl2N5O4S/c1-13-6-16(17-8-23(28)30-10-21(17)37-3)18(9-29-13)24(34)32-26-31-19-11-33(12-22(19)38-26)25(35)15-5-4-14(27)7-20(15)36-2/h4-10H,11-12H2,1-3H3,(H,31,32,34). The Morgan fingerprint density at radius 1 is 0.974 bits per heavy atom. The third kappa shape index (κ3) is 5.02. The molecule has 12 heteroatoms. The van der Waals surface area contributed by atoms with E-state index in [-0.39, 0.29) is 17.0 Å². The topological polar surface area (TPSA) is 107 Å². The van der Waals surface area contributed by atoms with Crippen molar-refractivity contribution in [1.29, 1.82) is 0 Å². The Labute approximate surface area is 232 Å². The van der Waals surface area contributed by atoms with Crippen LogP contribution in [0.4, 0.5) is 5.13 Å². The molecule has 1 aromatic carbocycles. The highest BCUT2D eigenvalue weighted by atomic mass is 35.5. The number of ether oxygens (including phenoxy) is 2. The molecule has 0 aliphatic carbocycles. The van der Waals surface area contributed by atoms with Crippen molar-refractivity contribution in [2.75, 3.05) is 19.5 Å². The average molecular weight is 570 g/mol. The lowest BCUT2D eigenvalue weighted by atomic mass is 10.0. The van der Waals surface area contributed by atoms with Crippen molar-refractivity contribution in [3.8, 4) is 22.6 Å². The second kappa shape index (κ2) is 10.6. The van der Waals surface area contributed by atoms with Crippen molar-refractivity contribution < 1.29 is 19.1 Å². The van der Waals surface area contributed by atoms with E-state index in [9.17, 15) is 9.59 Å². The summed E-state index contributed by atoms with van der Waals surface area (Å²) in [5.41, 5.74) is 3.44. The van der Waals surface area contributed by atoms with Crippen LogP contribution in [0.1, 0.15) is 37.0 Å². The van der Waals surface area contributed by atoms with Crippen LogP contribution < -0.4 is 14.8 Å². The lowest BCUT2D eigenvalue weighted by Gasteiger charge is -2.17. The van der Waals surface area contributed by atoms with Crippen molar-refractivity contribution in [2.24, 2.45) is 0 Å². The van der Waals surface area contributed by atoms with E-state index in [4.69, 9.17) is 32.7 Å². The van der Waals surface area contributed by atoms with Gasteiger partial charge in [0.15, 0.2) is 5.13 Å². The van der Waals surface area contributed by atoms with Crippen LogP contribution in [-0.4, -0.2) is 45.9 Å². The zero-order chi connectivity index (χ0) is 27.0. The second-order valence-electron chi connectivity index (χ2n) is 8.43. The number of hydrogen-bond donors (Lipinski definition) is 1. The van der Waals surface area contributed by atoms with E-state index in [1.165, 1.54) is 38.0 Å². The summed E-state index contributed by atoms with van der Waals surface area (Å²) in [5.74, 6) is 0.320. The third-order valence-corrected chi connectivity index (χ3v) is 7.42. The highest BCUT2D eigenvalue weighted by molar-refractivity contribution is 7.16. The van der Waals surface area contributed by atoms with Gasteiger partial charge in [-0.3, -0.25) is 19.9 Å². The van der Waals surface area contributed by atoms with E-state index in [0.29, 0.717) is 57.0 Å². The van der Waals surface area contributed by atoms with E-state index >= 15 is 0 Å². The van der Waals surface area contributed by atoms with Crippen LogP contribution in [0.3, 0.4) is 0 Å². The quantitative estimate of drug-likeness (QED) is 0.299. The predicted octanol–water partition coefficient (Wildman–Crippen LogP) is 5.64. The van der Waals surface area contributed by atoms with Gasteiger partial charge in [0.25, 0.3) is 11.8 Å². The fraction of sp³-hybridized carbons (Fsp3) is 0.192. The maximum Gasteiger partial charge on any atom is 0.259 e. The highest BCUT2D eigenvalue weighted by Gasteiger charge is 2.30. The Hall–Kier alpha value is -3.73. The van der Waals surface area contributed by atoms with Crippen LogP contribution >= 0.6 is 34.5 Å². The maximum atomic E-state index is 13.3. The Morgan fingerprint density at radius 3 is 2.50 bits per heavy atom. The van der Waals surface area contributed by atoms with Crippen LogP contribution in [0.2, 0.25) is 10.2 Å². The first kappa shape index (κ1) is 25.9. The average Bonchev–Trinajstić information content (AvgIpc) is 3.47. The Bertz CT molecular complexity index is 1550. The summed E-state index contributed by atoms with van der Waals surface area (Å²) in [4.78, 5) is 41.9. The van der Waals surface area contributed by atoms with Crippen molar-refractivity contribution >= 4 is 51.5 Å². The molecule has 2 amide bonds. The number of fused-ring (bicyclic) bond motifs is 1. The van der Waals surface area contributed by atoms with Crippen molar-refractivity contribution in [3.05, 3.63) is 80.3 Å². The van der Waals surface area contributed by atoms with Crippen molar-refractivity contribution in [3.63, 3.8) is 0 Å². The molecule has 38 heavy (non-hydrogen) atoms. The number of amides is 2. The van der Waals surface area contributed by atoms with Crippen LogP contribution in [0.15, 0.2) is 42.7 Å². The van der Waals surface area contributed by atoms with Gasteiger partial charge < -0.3 is 14.4 Å². The number of thiazole rings is 1. The largest absolute Gasteiger partial charge is 0.496 e. The Kier molecular flexibility index (Phi) is 7.20. The number of pyridine rings is 2.